The number of rotatable bonds is 15. The Morgan fingerprint density at radius 1 is 0.846 bits per heavy atom. The van der Waals surface area contributed by atoms with Crippen LogP contribution in [0.1, 0.15) is 123 Å². The minimum absolute atomic E-state index is 0.103. The Balaban J connectivity index is 1.35. The van der Waals surface area contributed by atoms with Gasteiger partial charge in [0.2, 0.25) is 0 Å². The van der Waals surface area contributed by atoms with Gasteiger partial charge in [-0.05, 0) is 38.7 Å². The van der Waals surface area contributed by atoms with E-state index in [0.717, 1.165) is 0 Å². The van der Waals surface area contributed by atoms with Gasteiger partial charge in [0.05, 0.1) is 0 Å². The molecule has 0 bridgehead atoms. The average Bonchev–Trinajstić information content (AvgIpc) is 3.09. The predicted octanol–water partition coefficient (Wildman–Crippen LogP) is 8.50. The second kappa shape index (κ2) is 12.6. The summed E-state index contributed by atoms with van der Waals surface area (Å²) < 4.78 is 6.31. The first-order chi connectivity index (χ1) is 12.7. The van der Waals surface area contributed by atoms with Crippen molar-refractivity contribution >= 4 is 0 Å². The van der Waals surface area contributed by atoms with Crippen LogP contribution in [0.3, 0.4) is 0 Å². The van der Waals surface area contributed by atoms with Crippen LogP contribution in [0.2, 0.25) is 0 Å². The van der Waals surface area contributed by atoms with Gasteiger partial charge in [-0.15, -0.1) is 0 Å². The zero-order valence-corrected chi connectivity index (χ0v) is 17.7. The van der Waals surface area contributed by atoms with Crippen molar-refractivity contribution in [1.29, 1.82) is 0 Å². The van der Waals surface area contributed by atoms with E-state index in [9.17, 15) is 0 Å². The van der Waals surface area contributed by atoms with Crippen molar-refractivity contribution in [2.75, 3.05) is 0 Å². The number of hydrogen-bond donors (Lipinski definition) is 0. The summed E-state index contributed by atoms with van der Waals surface area (Å²) in [6, 6.07) is 0. The van der Waals surface area contributed by atoms with Crippen LogP contribution in [0.15, 0.2) is 24.0 Å². The highest BCUT2D eigenvalue weighted by molar-refractivity contribution is 5.25. The van der Waals surface area contributed by atoms with Gasteiger partial charge in [0.1, 0.15) is 11.4 Å². The van der Waals surface area contributed by atoms with Gasteiger partial charge in [-0.3, -0.25) is 0 Å². The number of ether oxygens (including phenoxy) is 1. The van der Waals surface area contributed by atoms with E-state index < -0.39 is 0 Å². The molecule has 2 unspecified atom stereocenters. The molecule has 0 saturated carbocycles. The van der Waals surface area contributed by atoms with Gasteiger partial charge in [-0.2, -0.15) is 0 Å². The molecule has 26 heavy (non-hydrogen) atoms. The van der Waals surface area contributed by atoms with Crippen molar-refractivity contribution in [1.82, 2.24) is 0 Å². The Kier molecular flexibility index (Phi) is 10.5. The fourth-order valence-corrected chi connectivity index (χ4v) is 4.52. The summed E-state index contributed by atoms with van der Waals surface area (Å²) >= 11 is 0. The lowest BCUT2D eigenvalue weighted by atomic mass is 9.85. The Bertz CT molecular complexity index is 422. The molecule has 0 spiro atoms. The first kappa shape index (κ1) is 21.6. The zero-order chi connectivity index (χ0) is 18.5. The van der Waals surface area contributed by atoms with Gasteiger partial charge in [0, 0.05) is 5.92 Å². The van der Waals surface area contributed by atoms with Crippen molar-refractivity contribution in [2.24, 2.45) is 5.92 Å². The van der Waals surface area contributed by atoms with Crippen LogP contribution in [0.25, 0.3) is 0 Å². The van der Waals surface area contributed by atoms with E-state index >= 15 is 0 Å². The van der Waals surface area contributed by atoms with Crippen LogP contribution in [0.5, 0.6) is 0 Å². The normalized spacial score (nSPS) is 24.4. The lowest BCUT2D eigenvalue weighted by molar-refractivity contribution is -0.0365. The van der Waals surface area contributed by atoms with Crippen LogP contribution in [-0.2, 0) is 4.74 Å². The van der Waals surface area contributed by atoms with E-state index in [-0.39, 0.29) is 5.60 Å². The molecule has 0 aromatic heterocycles. The summed E-state index contributed by atoms with van der Waals surface area (Å²) in [5, 5.41) is 0. The van der Waals surface area contributed by atoms with Gasteiger partial charge in [-0.1, -0.05) is 103 Å². The zero-order valence-electron chi connectivity index (χ0n) is 17.7. The molecule has 2 aliphatic rings. The number of unbranched alkanes of at least 4 members (excludes halogenated alkanes) is 13. The third-order valence-corrected chi connectivity index (χ3v) is 6.38. The van der Waals surface area contributed by atoms with Crippen LogP contribution in [0, 0.1) is 5.92 Å². The van der Waals surface area contributed by atoms with Gasteiger partial charge < -0.3 is 4.74 Å². The SMILES string of the molecule is CCCCCCCCCCCCCCCCC1(C)CCC2C=CC=C2O1. The molecule has 1 heteroatoms. The minimum atomic E-state index is 0.103. The molecule has 0 N–H and O–H groups in total. The van der Waals surface area contributed by atoms with Crippen molar-refractivity contribution < 1.29 is 4.74 Å². The molecule has 150 valence electrons. The molecule has 1 saturated heterocycles. The quantitative estimate of drug-likeness (QED) is 0.266. The lowest BCUT2D eigenvalue weighted by Gasteiger charge is -2.38. The number of allylic oxidation sites excluding steroid dienone is 3. The molecule has 0 radical (unpaired) electrons. The summed E-state index contributed by atoms with van der Waals surface area (Å²) in [7, 11) is 0. The summed E-state index contributed by atoms with van der Waals surface area (Å²) in [5.41, 5.74) is 0.103. The fourth-order valence-electron chi connectivity index (χ4n) is 4.52. The molecular weight excluding hydrogens is 316 g/mol. The summed E-state index contributed by atoms with van der Waals surface area (Å²) in [5.74, 6) is 1.81. The third-order valence-electron chi connectivity index (χ3n) is 6.38. The Labute approximate surface area is 163 Å². The standard InChI is InChI=1S/C25H44O/c1-3-4-5-6-7-8-9-10-11-12-13-14-15-16-21-25(2)22-20-23-18-17-19-24(23)26-25/h17-19,23H,3-16,20-22H2,1-2H3. The van der Waals surface area contributed by atoms with Gasteiger partial charge >= 0.3 is 0 Å². The van der Waals surface area contributed by atoms with Crippen LogP contribution in [0.4, 0.5) is 0 Å². The molecular formula is C25H44O. The van der Waals surface area contributed by atoms with E-state index in [1.165, 1.54) is 115 Å². The Morgan fingerprint density at radius 3 is 1.96 bits per heavy atom. The Morgan fingerprint density at radius 2 is 1.38 bits per heavy atom. The molecule has 1 heterocycles. The van der Waals surface area contributed by atoms with Crippen molar-refractivity contribution in [3.05, 3.63) is 24.0 Å². The van der Waals surface area contributed by atoms with Gasteiger partial charge in [0.25, 0.3) is 0 Å². The first-order valence-corrected chi connectivity index (χ1v) is 11.8. The predicted molar refractivity (Wildman–Crippen MR) is 114 cm³/mol. The highest BCUT2D eigenvalue weighted by Gasteiger charge is 2.35. The fraction of sp³-hybridized carbons (Fsp3) is 0.840. The van der Waals surface area contributed by atoms with Crippen LogP contribution < -0.4 is 0 Å². The van der Waals surface area contributed by atoms with Crippen LogP contribution >= 0.6 is 0 Å². The van der Waals surface area contributed by atoms with Crippen molar-refractivity contribution in [2.45, 2.75) is 129 Å². The first-order valence-electron chi connectivity index (χ1n) is 11.8. The van der Waals surface area contributed by atoms with Crippen molar-refractivity contribution in [3.8, 4) is 0 Å². The summed E-state index contributed by atoms with van der Waals surface area (Å²) in [4.78, 5) is 0. The topological polar surface area (TPSA) is 9.23 Å². The maximum atomic E-state index is 6.31. The number of fused-ring (bicyclic) bond motifs is 1. The lowest BCUT2D eigenvalue weighted by Crippen LogP contribution is -2.34. The number of hydrogen-bond acceptors (Lipinski definition) is 1. The van der Waals surface area contributed by atoms with Gasteiger partial charge in [-0.25, -0.2) is 0 Å². The maximum Gasteiger partial charge on any atom is 0.106 e. The van der Waals surface area contributed by atoms with E-state index in [1.54, 1.807) is 0 Å². The van der Waals surface area contributed by atoms with E-state index in [1.807, 2.05) is 0 Å². The second-order valence-corrected chi connectivity index (χ2v) is 9.00. The molecule has 0 amide bonds. The molecule has 1 fully saturated rings. The highest BCUT2D eigenvalue weighted by Crippen LogP contribution is 2.40. The van der Waals surface area contributed by atoms with E-state index in [2.05, 4.69) is 32.1 Å². The highest BCUT2D eigenvalue weighted by atomic mass is 16.5. The summed E-state index contributed by atoms with van der Waals surface area (Å²) in [6.07, 6.45) is 30.4. The molecule has 1 aliphatic heterocycles. The van der Waals surface area contributed by atoms with Crippen molar-refractivity contribution in [3.63, 3.8) is 0 Å². The van der Waals surface area contributed by atoms with Gasteiger partial charge in [0.15, 0.2) is 0 Å². The van der Waals surface area contributed by atoms with E-state index in [0.29, 0.717) is 5.92 Å². The Hall–Kier alpha value is -0.720. The monoisotopic (exact) mass is 360 g/mol. The van der Waals surface area contributed by atoms with E-state index in [4.69, 9.17) is 4.74 Å². The minimum Gasteiger partial charge on any atom is -0.491 e. The maximum absolute atomic E-state index is 6.31. The molecule has 1 aliphatic carbocycles. The molecule has 0 aromatic rings. The molecule has 2 rings (SSSR count). The molecule has 2 atom stereocenters. The van der Waals surface area contributed by atoms with Crippen LogP contribution in [-0.4, -0.2) is 5.60 Å². The molecule has 1 nitrogen and oxygen atoms in total. The summed E-state index contributed by atoms with van der Waals surface area (Å²) in [6.45, 7) is 4.62. The molecule has 0 aromatic carbocycles. The second-order valence-electron chi connectivity index (χ2n) is 9.00. The third kappa shape index (κ3) is 8.31. The average molecular weight is 361 g/mol. The smallest absolute Gasteiger partial charge is 0.106 e. The largest absolute Gasteiger partial charge is 0.491 e.